The largest absolute Gasteiger partial charge is 0.490 e. The van der Waals surface area contributed by atoms with Gasteiger partial charge in [0.15, 0.2) is 11.5 Å². The van der Waals surface area contributed by atoms with Gasteiger partial charge in [-0.3, -0.25) is 0 Å². The van der Waals surface area contributed by atoms with E-state index in [1.165, 1.54) is 11.1 Å². The molecule has 0 fully saturated rings. The number of aryl methyl sites for hydroxylation is 1. The smallest absolute Gasteiger partial charge is 0.162 e. The Kier molecular flexibility index (Phi) is 8.95. The Hall–Kier alpha value is -1.56. The second kappa shape index (κ2) is 11.2. The molecule has 0 aliphatic heterocycles. The Labute approximate surface area is 165 Å². The maximum Gasteiger partial charge on any atom is 0.162 e. The van der Waals surface area contributed by atoms with Gasteiger partial charge in [0.25, 0.3) is 0 Å². The zero-order valence-electron chi connectivity index (χ0n) is 15.9. The summed E-state index contributed by atoms with van der Waals surface area (Å²) in [4.78, 5) is 0. The quantitative estimate of drug-likeness (QED) is 0.527. The molecule has 2 aromatic rings. The van der Waals surface area contributed by atoms with Gasteiger partial charge >= 0.3 is 0 Å². The molecule has 0 unspecified atom stereocenters. The molecule has 0 radical (unpaired) electrons. The predicted molar refractivity (Wildman–Crippen MR) is 111 cm³/mol. The first-order chi connectivity index (χ1) is 12.6. The number of halogens is 1. The van der Waals surface area contributed by atoms with Crippen LogP contribution >= 0.6 is 15.9 Å². The molecular weight excluding hydrogens is 392 g/mol. The van der Waals surface area contributed by atoms with Crippen LogP contribution in [0.4, 0.5) is 0 Å². The van der Waals surface area contributed by atoms with Crippen molar-refractivity contribution in [2.75, 3.05) is 26.7 Å². The fraction of sp³-hybridized carbons (Fsp3) is 0.429. The monoisotopic (exact) mass is 420 g/mol. The molecule has 0 aromatic heterocycles. The van der Waals surface area contributed by atoms with E-state index in [9.17, 15) is 0 Å². The molecule has 0 saturated carbocycles. The Bertz CT molecular complexity index is 692. The first-order valence-corrected chi connectivity index (χ1v) is 9.92. The first-order valence-electron chi connectivity index (χ1n) is 9.13. The van der Waals surface area contributed by atoms with Crippen molar-refractivity contribution in [3.63, 3.8) is 0 Å². The molecule has 5 heteroatoms. The van der Waals surface area contributed by atoms with Gasteiger partial charge in [-0.2, -0.15) is 0 Å². The third-order valence-corrected chi connectivity index (χ3v) is 4.72. The van der Waals surface area contributed by atoms with Crippen molar-refractivity contribution in [2.45, 2.75) is 33.4 Å². The van der Waals surface area contributed by atoms with Gasteiger partial charge in [-0.15, -0.1) is 0 Å². The van der Waals surface area contributed by atoms with Crippen LogP contribution in [0.25, 0.3) is 0 Å². The average molecular weight is 421 g/mol. The normalized spacial score (nSPS) is 10.8. The van der Waals surface area contributed by atoms with Crippen LogP contribution in [-0.4, -0.2) is 26.7 Å². The number of benzene rings is 2. The summed E-state index contributed by atoms with van der Waals surface area (Å²) >= 11 is 3.67. The molecule has 0 heterocycles. The summed E-state index contributed by atoms with van der Waals surface area (Å²) < 4.78 is 12.9. The summed E-state index contributed by atoms with van der Waals surface area (Å²) in [5.41, 5.74) is 3.55. The highest BCUT2D eigenvalue weighted by Crippen LogP contribution is 2.34. The molecule has 0 atom stereocenters. The molecule has 2 rings (SSSR count). The number of nitrogens with one attached hydrogen (secondary N) is 2. The third kappa shape index (κ3) is 6.63. The Balaban J connectivity index is 2.04. The second-order valence-corrected chi connectivity index (χ2v) is 7.09. The molecule has 0 aliphatic rings. The van der Waals surface area contributed by atoms with Crippen LogP contribution in [0.1, 0.15) is 30.0 Å². The topological polar surface area (TPSA) is 42.5 Å². The van der Waals surface area contributed by atoms with Crippen LogP contribution in [0.15, 0.2) is 40.9 Å². The van der Waals surface area contributed by atoms with Gasteiger partial charge in [0.1, 0.15) is 6.61 Å². The van der Waals surface area contributed by atoms with E-state index >= 15 is 0 Å². The lowest BCUT2D eigenvalue weighted by Gasteiger charge is -2.16. The van der Waals surface area contributed by atoms with E-state index in [0.29, 0.717) is 13.2 Å². The van der Waals surface area contributed by atoms with Gasteiger partial charge < -0.3 is 20.1 Å². The van der Waals surface area contributed by atoms with Crippen molar-refractivity contribution in [2.24, 2.45) is 0 Å². The molecule has 2 N–H and O–H groups in total. The van der Waals surface area contributed by atoms with Crippen molar-refractivity contribution in [3.8, 4) is 11.5 Å². The highest BCUT2D eigenvalue weighted by Gasteiger charge is 2.11. The van der Waals surface area contributed by atoms with Gasteiger partial charge in [-0.05, 0) is 63.7 Å². The standard InChI is InChI=1S/C21H29BrN2O2/c1-4-25-20-12-18(14-24-10-6-9-23-3)19(22)13-21(20)26-15-17-8-5-7-16(2)11-17/h5,7-8,11-13,23-24H,4,6,9-10,14-15H2,1-3H3. The molecule has 26 heavy (non-hydrogen) atoms. The SMILES string of the molecule is CCOc1cc(CNCCCNC)c(Br)cc1OCc1cccc(C)c1. The van der Waals surface area contributed by atoms with Crippen LogP contribution in [0.3, 0.4) is 0 Å². The molecular formula is C21H29BrN2O2. The van der Waals surface area contributed by atoms with Crippen molar-refractivity contribution in [1.29, 1.82) is 0 Å². The highest BCUT2D eigenvalue weighted by atomic mass is 79.9. The number of ether oxygens (including phenoxy) is 2. The lowest BCUT2D eigenvalue weighted by molar-refractivity contribution is 0.269. The second-order valence-electron chi connectivity index (χ2n) is 6.23. The number of rotatable bonds is 11. The van der Waals surface area contributed by atoms with E-state index in [0.717, 1.165) is 47.6 Å². The highest BCUT2D eigenvalue weighted by molar-refractivity contribution is 9.10. The van der Waals surface area contributed by atoms with Crippen LogP contribution < -0.4 is 20.1 Å². The fourth-order valence-electron chi connectivity index (χ4n) is 2.67. The van der Waals surface area contributed by atoms with Crippen LogP contribution in [-0.2, 0) is 13.2 Å². The van der Waals surface area contributed by atoms with E-state index in [-0.39, 0.29) is 0 Å². The first kappa shape index (κ1) is 20.7. The van der Waals surface area contributed by atoms with Crippen molar-refractivity contribution >= 4 is 15.9 Å². The molecule has 0 saturated heterocycles. The van der Waals surface area contributed by atoms with Crippen LogP contribution in [0.5, 0.6) is 11.5 Å². The van der Waals surface area contributed by atoms with Crippen molar-refractivity contribution in [3.05, 3.63) is 57.6 Å². The van der Waals surface area contributed by atoms with Gasteiger partial charge in [0, 0.05) is 11.0 Å². The Morgan fingerprint density at radius 2 is 1.85 bits per heavy atom. The van der Waals surface area contributed by atoms with Gasteiger partial charge in [0.2, 0.25) is 0 Å². The summed E-state index contributed by atoms with van der Waals surface area (Å²) in [6.45, 7) is 7.99. The number of hydrogen-bond acceptors (Lipinski definition) is 4. The Morgan fingerprint density at radius 1 is 1.04 bits per heavy atom. The van der Waals surface area contributed by atoms with E-state index in [4.69, 9.17) is 9.47 Å². The molecule has 2 aromatic carbocycles. The minimum absolute atomic E-state index is 0.524. The van der Waals surface area contributed by atoms with Crippen LogP contribution in [0, 0.1) is 6.92 Å². The van der Waals surface area contributed by atoms with E-state index in [2.05, 4.69) is 63.8 Å². The molecule has 0 aliphatic carbocycles. The molecule has 4 nitrogen and oxygen atoms in total. The fourth-order valence-corrected chi connectivity index (χ4v) is 3.13. The predicted octanol–water partition coefficient (Wildman–Crippen LogP) is 4.43. The van der Waals surface area contributed by atoms with Crippen molar-refractivity contribution in [1.82, 2.24) is 10.6 Å². The molecule has 142 valence electrons. The maximum absolute atomic E-state index is 6.04. The lowest BCUT2D eigenvalue weighted by atomic mass is 10.1. The number of hydrogen-bond donors (Lipinski definition) is 2. The lowest BCUT2D eigenvalue weighted by Crippen LogP contribution is -2.19. The average Bonchev–Trinajstić information content (AvgIpc) is 2.62. The third-order valence-electron chi connectivity index (χ3n) is 3.99. The Morgan fingerprint density at radius 3 is 2.58 bits per heavy atom. The summed E-state index contributed by atoms with van der Waals surface area (Å²) in [6, 6.07) is 12.4. The van der Waals surface area contributed by atoms with Gasteiger partial charge in [-0.25, -0.2) is 0 Å². The minimum Gasteiger partial charge on any atom is -0.490 e. The van der Waals surface area contributed by atoms with E-state index in [1.807, 2.05) is 20.0 Å². The van der Waals surface area contributed by atoms with Gasteiger partial charge in [-0.1, -0.05) is 45.8 Å². The molecule has 0 amide bonds. The summed E-state index contributed by atoms with van der Waals surface area (Å²) in [6.07, 6.45) is 1.10. The van der Waals surface area contributed by atoms with Crippen molar-refractivity contribution < 1.29 is 9.47 Å². The summed E-state index contributed by atoms with van der Waals surface area (Å²) in [5, 5.41) is 6.62. The minimum atomic E-state index is 0.524. The van der Waals surface area contributed by atoms with Crippen LogP contribution in [0.2, 0.25) is 0 Å². The van der Waals surface area contributed by atoms with E-state index in [1.54, 1.807) is 0 Å². The summed E-state index contributed by atoms with van der Waals surface area (Å²) in [7, 11) is 1.97. The maximum atomic E-state index is 6.04. The van der Waals surface area contributed by atoms with Gasteiger partial charge in [0.05, 0.1) is 6.61 Å². The zero-order chi connectivity index (χ0) is 18.8. The van der Waals surface area contributed by atoms with E-state index < -0.39 is 0 Å². The zero-order valence-corrected chi connectivity index (χ0v) is 17.5. The molecule has 0 spiro atoms. The molecule has 0 bridgehead atoms. The summed E-state index contributed by atoms with van der Waals surface area (Å²) in [5.74, 6) is 1.55.